The number of halogens is 2. The lowest BCUT2D eigenvalue weighted by molar-refractivity contribution is 0.832. The molecule has 0 aliphatic carbocycles. The van der Waals surface area contributed by atoms with Gasteiger partial charge >= 0.3 is 5.69 Å². The van der Waals surface area contributed by atoms with Gasteiger partial charge < -0.3 is 4.98 Å². The van der Waals surface area contributed by atoms with Crippen LogP contribution in [0.4, 0.5) is 0 Å². The van der Waals surface area contributed by atoms with Crippen molar-refractivity contribution in [2.45, 2.75) is 0 Å². The Labute approximate surface area is 122 Å². The molecule has 0 spiro atoms. The van der Waals surface area contributed by atoms with Crippen LogP contribution in [0.25, 0.3) is 22.6 Å². The van der Waals surface area contributed by atoms with E-state index in [-0.39, 0.29) is 11.2 Å². The number of nitrogens with zero attached hydrogens (tertiary/aromatic N) is 2. The Bertz CT molecular complexity index is 919. The third kappa shape index (κ3) is 2.03. The third-order valence-electron chi connectivity index (χ3n) is 2.89. The van der Waals surface area contributed by atoms with E-state index in [0.717, 1.165) is 0 Å². The van der Waals surface area contributed by atoms with E-state index in [2.05, 4.69) is 15.0 Å². The summed E-state index contributed by atoms with van der Waals surface area (Å²) in [5.74, 6) is 0.413. The van der Waals surface area contributed by atoms with Crippen molar-refractivity contribution in [1.82, 2.24) is 19.5 Å². The standard InChI is InChI=1S/C12H8Cl2N4O2/c1-18-10-8(11(19)17-12(18)20)15-9(16-10)5-2-6(13)4-7(14)3-5/h2-4H,1H3,(H,15,16)(H,17,19,20). The zero-order valence-corrected chi connectivity index (χ0v) is 11.7. The Morgan fingerprint density at radius 1 is 1.10 bits per heavy atom. The maximum absolute atomic E-state index is 11.7. The van der Waals surface area contributed by atoms with Crippen LogP contribution in [0, 0.1) is 0 Å². The number of rotatable bonds is 1. The molecule has 0 amide bonds. The van der Waals surface area contributed by atoms with Crippen molar-refractivity contribution in [2.24, 2.45) is 7.05 Å². The van der Waals surface area contributed by atoms with Gasteiger partial charge in [-0.15, -0.1) is 0 Å². The molecular formula is C12H8Cl2N4O2. The zero-order chi connectivity index (χ0) is 14.4. The normalized spacial score (nSPS) is 11.2. The zero-order valence-electron chi connectivity index (χ0n) is 10.2. The number of hydrogen-bond donors (Lipinski definition) is 2. The molecule has 20 heavy (non-hydrogen) atoms. The molecule has 0 bridgehead atoms. The Balaban J connectivity index is 2.33. The van der Waals surface area contributed by atoms with Gasteiger partial charge in [-0.3, -0.25) is 14.3 Å². The van der Waals surface area contributed by atoms with Gasteiger partial charge in [0.2, 0.25) is 0 Å². The fraction of sp³-hybridized carbons (Fsp3) is 0.0833. The number of H-pyrrole nitrogens is 2. The molecule has 0 aliphatic heterocycles. The number of aryl methyl sites for hydroxylation is 1. The van der Waals surface area contributed by atoms with Crippen LogP contribution in [-0.2, 0) is 7.05 Å². The van der Waals surface area contributed by atoms with Crippen molar-refractivity contribution in [3.8, 4) is 11.4 Å². The summed E-state index contributed by atoms with van der Waals surface area (Å²) in [6.45, 7) is 0. The van der Waals surface area contributed by atoms with Crippen LogP contribution in [0.3, 0.4) is 0 Å². The minimum absolute atomic E-state index is 0.221. The van der Waals surface area contributed by atoms with Crippen LogP contribution in [0.5, 0.6) is 0 Å². The number of aromatic amines is 2. The predicted octanol–water partition coefficient (Wildman–Crippen LogP) is 1.92. The Morgan fingerprint density at radius 3 is 2.40 bits per heavy atom. The summed E-state index contributed by atoms with van der Waals surface area (Å²) < 4.78 is 1.25. The third-order valence-corrected chi connectivity index (χ3v) is 3.33. The average molecular weight is 311 g/mol. The molecule has 102 valence electrons. The van der Waals surface area contributed by atoms with Crippen molar-refractivity contribution >= 4 is 34.4 Å². The van der Waals surface area contributed by atoms with Crippen molar-refractivity contribution in [3.05, 3.63) is 49.1 Å². The molecule has 2 heterocycles. The molecule has 3 aromatic rings. The van der Waals surface area contributed by atoms with E-state index in [1.165, 1.54) is 11.6 Å². The smallest absolute Gasteiger partial charge is 0.329 e. The van der Waals surface area contributed by atoms with E-state index < -0.39 is 11.2 Å². The highest BCUT2D eigenvalue weighted by Crippen LogP contribution is 2.26. The maximum Gasteiger partial charge on any atom is 0.329 e. The van der Waals surface area contributed by atoms with Gasteiger partial charge in [-0.25, -0.2) is 9.78 Å². The van der Waals surface area contributed by atoms with Crippen molar-refractivity contribution < 1.29 is 0 Å². The number of nitrogens with one attached hydrogen (secondary N) is 2. The summed E-state index contributed by atoms with van der Waals surface area (Å²) in [6, 6.07) is 4.92. The molecule has 0 aliphatic rings. The number of hydrogen-bond acceptors (Lipinski definition) is 3. The molecule has 6 nitrogen and oxygen atoms in total. The number of imidazole rings is 1. The number of aromatic nitrogens is 4. The first-order chi connectivity index (χ1) is 9.45. The first-order valence-electron chi connectivity index (χ1n) is 5.61. The molecule has 0 radical (unpaired) electrons. The molecule has 2 aromatic heterocycles. The fourth-order valence-corrected chi connectivity index (χ4v) is 2.46. The molecule has 3 rings (SSSR count). The van der Waals surface area contributed by atoms with E-state index in [4.69, 9.17) is 23.2 Å². The lowest BCUT2D eigenvalue weighted by Crippen LogP contribution is -2.28. The predicted molar refractivity (Wildman–Crippen MR) is 77.4 cm³/mol. The Kier molecular flexibility index (Phi) is 2.92. The van der Waals surface area contributed by atoms with Gasteiger partial charge in [-0.2, -0.15) is 0 Å². The van der Waals surface area contributed by atoms with E-state index in [1.807, 2.05) is 0 Å². The summed E-state index contributed by atoms with van der Waals surface area (Å²) in [5.41, 5.74) is 0.0771. The van der Waals surface area contributed by atoms with Gasteiger partial charge in [0, 0.05) is 22.7 Å². The average Bonchev–Trinajstić information content (AvgIpc) is 2.80. The molecule has 0 fully saturated rings. The van der Waals surface area contributed by atoms with Gasteiger partial charge in [0.1, 0.15) is 11.3 Å². The highest BCUT2D eigenvalue weighted by Gasteiger charge is 2.12. The first kappa shape index (κ1) is 13.0. The van der Waals surface area contributed by atoms with Gasteiger partial charge in [-0.05, 0) is 18.2 Å². The van der Waals surface area contributed by atoms with Crippen LogP contribution in [0.15, 0.2) is 27.8 Å². The maximum atomic E-state index is 11.7. The van der Waals surface area contributed by atoms with Crippen LogP contribution in [0.1, 0.15) is 0 Å². The highest BCUT2D eigenvalue weighted by molar-refractivity contribution is 6.35. The van der Waals surface area contributed by atoms with Gasteiger partial charge in [0.05, 0.1) is 0 Å². The lowest BCUT2D eigenvalue weighted by atomic mass is 10.2. The van der Waals surface area contributed by atoms with Crippen molar-refractivity contribution in [1.29, 1.82) is 0 Å². The minimum atomic E-state index is -0.523. The van der Waals surface area contributed by atoms with E-state index in [1.54, 1.807) is 18.2 Å². The van der Waals surface area contributed by atoms with Gasteiger partial charge in [0.15, 0.2) is 5.65 Å². The topological polar surface area (TPSA) is 83.5 Å². The van der Waals surface area contributed by atoms with Crippen LogP contribution >= 0.6 is 23.2 Å². The Hall–Kier alpha value is -2.05. The molecule has 0 unspecified atom stereocenters. The molecule has 1 aromatic carbocycles. The number of fused-ring (bicyclic) bond motifs is 1. The van der Waals surface area contributed by atoms with Crippen molar-refractivity contribution in [2.75, 3.05) is 0 Å². The summed E-state index contributed by atoms with van der Waals surface area (Å²) in [5, 5.41) is 0.909. The summed E-state index contributed by atoms with van der Waals surface area (Å²) in [6.07, 6.45) is 0. The molecular weight excluding hydrogens is 303 g/mol. The Morgan fingerprint density at radius 2 is 1.75 bits per heavy atom. The molecule has 0 atom stereocenters. The summed E-state index contributed by atoms with van der Waals surface area (Å²) >= 11 is 11.9. The largest absolute Gasteiger partial charge is 0.332 e. The second kappa shape index (κ2) is 4.50. The molecule has 8 heteroatoms. The molecule has 0 saturated carbocycles. The SMILES string of the molecule is Cn1c(=O)[nH]c(=O)c2[nH]c(-c3cc(Cl)cc(Cl)c3)nc21. The van der Waals surface area contributed by atoms with Gasteiger partial charge in [0.25, 0.3) is 5.56 Å². The quantitative estimate of drug-likeness (QED) is 0.720. The van der Waals surface area contributed by atoms with Gasteiger partial charge in [-0.1, -0.05) is 23.2 Å². The monoisotopic (exact) mass is 310 g/mol. The van der Waals surface area contributed by atoms with Crippen LogP contribution in [-0.4, -0.2) is 19.5 Å². The molecule has 0 saturated heterocycles. The second-order valence-corrected chi connectivity index (χ2v) is 5.13. The number of benzene rings is 1. The fourth-order valence-electron chi connectivity index (χ4n) is 1.93. The van der Waals surface area contributed by atoms with E-state index in [0.29, 0.717) is 21.4 Å². The first-order valence-corrected chi connectivity index (χ1v) is 6.37. The summed E-state index contributed by atoms with van der Waals surface area (Å²) in [7, 11) is 1.52. The molecule has 2 N–H and O–H groups in total. The minimum Gasteiger partial charge on any atom is -0.332 e. The highest BCUT2D eigenvalue weighted by atomic mass is 35.5. The van der Waals surface area contributed by atoms with Crippen molar-refractivity contribution in [3.63, 3.8) is 0 Å². The van der Waals surface area contributed by atoms with Crippen LogP contribution < -0.4 is 11.2 Å². The lowest BCUT2D eigenvalue weighted by Gasteiger charge is -1.98. The second-order valence-electron chi connectivity index (χ2n) is 4.26. The van der Waals surface area contributed by atoms with Crippen LogP contribution in [0.2, 0.25) is 10.0 Å². The summed E-state index contributed by atoms with van der Waals surface area (Å²) in [4.78, 5) is 32.6. The van der Waals surface area contributed by atoms with E-state index in [9.17, 15) is 9.59 Å². The van der Waals surface area contributed by atoms with E-state index >= 15 is 0 Å².